The molecule has 3 N–H and O–H groups in total. The molecule has 0 spiro atoms. The predicted octanol–water partition coefficient (Wildman–Crippen LogP) is 5.44. The van der Waals surface area contributed by atoms with E-state index in [-0.39, 0.29) is 60.5 Å². The molecule has 1 fully saturated rings. The van der Waals surface area contributed by atoms with Crippen molar-refractivity contribution in [2.45, 2.75) is 109 Å². The number of carbonyl (C=O) groups is 5. The van der Waals surface area contributed by atoms with E-state index in [1.54, 1.807) is 19.1 Å². The number of aryl methyl sites for hydroxylation is 2. The summed E-state index contributed by atoms with van der Waals surface area (Å²) in [5, 5.41) is 17.2. The normalized spacial score (nSPS) is 16.4. The summed E-state index contributed by atoms with van der Waals surface area (Å²) in [7, 11) is -4.33. The van der Waals surface area contributed by atoms with Gasteiger partial charge in [-0.15, -0.1) is 0 Å². The number of hydrogen-bond donors (Lipinski definition) is 3. The van der Waals surface area contributed by atoms with Crippen LogP contribution in [0.15, 0.2) is 89.8 Å². The van der Waals surface area contributed by atoms with Crippen LogP contribution in [0.5, 0.6) is 0 Å². The summed E-state index contributed by atoms with van der Waals surface area (Å²) < 4.78 is 36.5. The zero-order valence-corrected chi connectivity index (χ0v) is 38.5. The minimum absolute atomic E-state index is 0.00954. The predicted molar refractivity (Wildman–Crippen MR) is 241 cm³/mol. The van der Waals surface area contributed by atoms with Crippen LogP contribution in [0.3, 0.4) is 0 Å². The number of Topliss-reactive ketones (excluding diaryl/α,β-unsaturated/α-hetero) is 3. The lowest BCUT2D eigenvalue weighted by molar-refractivity contribution is -0.143. The second-order valence-electron chi connectivity index (χ2n) is 18.0. The molecule has 0 radical (unpaired) electrons. The van der Waals surface area contributed by atoms with Crippen LogP contribution in [-0.4, -0.2) is 105 Å². The highest BCUT2D eigenvalue weighted by molar-refractivity contribution is 7.86. The molecule has 63 heavy (non-hydrogen) atoms. The van der Waals surface area contributed by atoms with Gasteiger partial charge in [0.15, 0.2) is 11.6 Å². The van der Waals surface area contributed by atoms with Crippen molar-refractivity contribution in [3.8, 4) is 0 Å². The topological polar surface area (TPSA) is 185 Å². The Morgan fingerprint density at radius 3 is 1.89 bits per heavy atom. The fraction of sp³-hybridized carbons (Fsp3) is 0.531. The smallest absolute Gasteiger partial charge is 0.297 e. The second-order valence-corrected chi connectivity index (χ2v) is 19.6. The van der Waals surface area contributed by atoms with Gasteiger partial charge in [0, 0.05) is 37.8 Å². The summed E-state index contributed by atoms with van der Waals surface area (Å²) in [6, 6.07) is 22.6. The molecule has 0 aromatic heterocycles. The van der Waals surface area contributed by atoms with E-state index in [1.807, 2.05) is 93.3 Å². The molecule has 1 saturated heterocycles. The number of morpholine rings is 1. The van der Waals surface area contributed by atoms with Crippen molar-refractivity contribution < 1.29 is 46.4 Å². The first-order valence-electron chi connectivity index (χ1n) is 22.1. The molecule has 1 aliphatic rings. The van der Waals surface area contributed by atoms with Gasteiger partial charge in [-0.1, -0.05) is 106 Å². The Kier molecular flexibility index (Phi) is 19.8. The number of amides is 2. The number of nitrogens with one attached hydrogen (secondary N) is 2. The van der Waals surface area contributed by atoms with Gasteiger partial charge in [-0.25, -0.2) is 0 Å². The monoisotopic (exact) mass is 889 g/mol. The van der Waals surface area contributed by atoms with Crippen LogP contribution in [0.2, 0.25) is 0 Å². The summed E-state index contributed by atoms with van der Waals surface area (Å²) in [6.45, 7) is 12.2. The van der Waals surface area contributed by atoms with Gasteiger partial charge in [0.2, 0.25) is 11.8 Å². The molecule has 2 amide bonds. The largest absolute Gasteiger partial charge is 0.380 e. The average Bonchev–Trinajstić information content (AvgIpc) is 3.24. The molecule has 3 aromatic carbocycles. The number of rotatable bonds is 26. The Hall–Kier alpha value is -4.60. The van der Waals surface area contributed by atoms with Crippen molar-refractivity contribution in [1.82, 2.24) is 15.5 Å². The third-order valence-corrected chi connectivity index (χ3v) is 12.5. The highest BCUT2D eigenvalue weighted by Crippen LogP contribution is 2.23. The molecule has 0 bridgehead atoms. The first kappa shape index (κ1) is 51.0. The summed E-state index contributed by atoms with van der Waals surface area (Å²) >= 11 is 0. The van der Waals surface area contributed by atoms with E-state index in [1.165, 1.54) is 12.1 Å². The molecular formula is C49H67N3O10S. The van der Waals surface area contributed by atoms with Gasteiger partial charge in [-0.3, -0.25) is 33.1 Å². The maximum absolute atomic E-state index is 14.4. The highest BCUT2D eigenvalue weighted by Gasteiger charge is 2.40. The van der Waals surface area contributed by atoms with E-state index in [0.29, 0.717) is 45.6 Å². The van der Waals surface area contributed by atoms with E-state index in [9.17, 15) is 37.5 Å². The molecule has 0 aliphatic carbocycles. The van der Waals surface area contributed by atoms with Gasteiger partial charge in [-0.2, -0.15) is 8.42 Å². The minimum Gasteiger partial charge on any atom is -0.380 e. The van der Waals surface area contributed by atoms with E-state index in [2.05, 4.69) is 10.6 Å². The van der Waals surface area contributed by atoms with Gasteiger partial charge in [0.05, 0.1) is 36.7 Å². The second kappa shape index (κ2) is 24.5. The first-order chi connectivity index (χ1) is 29.8. The van der Waals surface area contributed by atoms with E-state index in [4.69, 9.17) is 8.92 Å². The van der Waals surface area contributed by atoms with Gasteiger partial charge in [-0.05, 0) is 81.0 Å². The van der Waals surface area contributed by atoms with Crippen molar-refractivity contribution in [2.75, 3.05) is 39.5 Å². The van der Waals surface area contributed by atoms with Crippen LogP contribution < -0.4 is 10.6 Å². The quantitative estimate of drug-likeness (QED) is 0.0873. The van der Waals surface area contributed by atoms with E-state index in [0.717, 1.165) is 23.6 Å². The maximum Gasteiger partial charge on any atom is 0.297 e. The van der Waals surface area contributed by atoms with Crippen LogP contribution in [0, 0.1) is 30.6 Å². The van der Waals surface area contributed by atoms with Gasteiger partial charge in [0.25, 0.3) is 10.1 Å². The molecule has 0 saturated carbocycles. The van der Waals surface area contributed by atoms with Crippen molar-refractivity contribution >= 4 is 39.3 Å². The standard InChI is InChI=1S/C49H67N3O10S/c1-34(2)27-43(50-47(56)39(20-19-37-13-9-7-10-14-37)30-41(53)32-52-23-25-61-26-24-52)45(54)31-40(29-38-15-11-8-12-16-38)48(57)51-44(28-35(3)4)46(55)49(6,58)33-62-63(59,60)42-21-17-36(5)18-22-42/h7-18,21-22,34-35,39-40,43-44,58H,19-20,23-33H2,1-6H3,(H,50,56)(H,51,57)/t39-,40-,43+,44+,49-/m1/s1. The molecule has 1 aliphatic heterocycles. The Morgan fingerprint density at radius 2 is 1.30 bits per heavy atom. The summed E-state index contributed by atoms with van der Waals surface area (Å²) in [5.41, 5.74) is 0.310. The van der Waals surface area contributed by atoms with Crippen molar-refractivity contribution in [2.24, 2.45) is 23.7 Å². The molecular weight excluding hydrogens is 823 g/mol. The highest BCUT2D eigenvalue weighted by atomic mass is 32.2. The van der Waals surface area contributed by atoms with Crippen molar-refractivity contribution in [3.05, 3.63) is 102 Å². The third-order valence-electron chi connectivity index (χ3n) is 11.2. The SMILES string of the molecule is Cc1ccc(S(=O)(=O)OC[C@@](C)(O)C(=O)[C@H](CC(C)C)NC(=O)[C@@H](CC(=O)[C@H](CC(C)C)NC(=O)[C@H](CCc2ccccc2)CC(=O)CN2CCOCC2)Cc2ccccc2)cc1. The van der Waals surface area contributed by atoms with Crippen LogP contribution >= 0.6 is 0 Å². The molecule has 13 nitrogen and oxygen atoms in total. The van der Waals surface area contributed by atoms with Gasteiger partial charge >= 0.3 is 0 Å². The number of carbonyl (C=O) groups excluding carboxylic acids is 5. The van der Waals surface area contributed by atoms with Crippen LogP contribution in [-0.2, 0) is 55.9 Å². The number of benzene rings is 3. The summed E-state index contributed by atoms with van der Waals surface area (Å²) in [5.74, 6) is -4.13. The molecule has 5 atom stereocenters. The number of nitrogens with zero attached hydrogens (tertiary/aromatic N) is 1. The first-order valence-corrected chi connectivity index (χ1v) is 23.5. The minimum atomic E-state index is -4.33. The number of ether oxygens (including phenoxy) is 1. The summed E-state index contributed by atoms with van der Waals surface area (Å²) in [6.07, 6.45) is 1.22. The van der Waals surface area contributed by atoms with Crippen LogP contribution in [0.1, 0.15) is 83.4 Å². The Morgan fingerprint density at radius 1 is 0.762 bits per heavy atom. The lowest BCUT2D eigenvalue weighted by Gasteiger charge is -2.30. The van der Waals surface area contributed by atoms with Gasteiger partial charge in [0.1, 0.15) is 18.0 Å². The van der Waals surface area contributed by atoms with Crippen LogP contribution in [0.25, 0.3) is 0 Å². The van der Waals surface area contributed by atoms with Crippen LogP contribution in [0.4, 0.5) is 0 Å². The molecule has 0 unspecified atom stereocenters. The Labute approximate surface area is 373 Å². The lowest BCUT2D eigenvalue weighted by atomic mass is 9.86. The zero-order chi connectivity index (χ0) is 46.2. The molecule has 1 heterocycles. The lowest BCUT2D eigenvalue weighted by Crippen LogP contribution is -2.54. The number of ketones is 3. The van der Waals surface area contributed by atoms with Crippen molar-refractivity contribution in [1.29, 1.82) is 0 Å². The molecule has 14 heteroatoms. The molecule has 344 valence electrons. The molecule has 3 aromatic rings. The third kappa shape index (κ3) is 17.1. The summed E-state index contributed by atoms with van der Waals surface area (Å²) in [4.78, 5) is 72.2. The Bertz CT molecular complexity index is 2050. The Balaban J connectivity index is 1.54. The maximum atomic E-state index is 14.4. The molecule has 4 rings (SSSR count). The van der Waals surface area contributed by atoms with E-state index >= 15 is 0 Å². The van der Waals surface area contributed by atoms with E-state index < -0.39 is 63.8 Å². The van der Waals surface area contributed by atoms with Crippen molar-refractivity contribution in [3.63, 3.8) is 0 Å². The number of hydrogen-bond acceptors (Lipinski definition) is 11. The van der Waals surface area contributed by atoms with Gasteiger partial charge < -0.3 is 20.5 Å². The number of aliphatic hydroxyl groups is 1. The fourth-order valence-corrected chi connectivity index (χ4v) is 8.63. The zero-order valence-electron chi connectivity index (χ0n) is 37.7. The average molecular weight is 890 g/mol. The fourth-order valence-electron chi connectivity index (χ4n) is 7.64.